The van der Waals surface area contributed by atoms with Gasteiger partial charge in [-0.05, 0) is 18.9 Å². The van der Waals surface area contributed by atoms with Gasteiger partial charge in [-0.25, -0.2) is 0 Å². The van der Waals surface area contributed by atoms with Gasteiger partial charge in [0.05, 0.1) is 18.3 Å². The molecule has 1 aliphatic rings. The molecule has 0 radical (unpaired) electrons. The van der Waals surface area contributed by atoms with E-state index in [1.54, 1.807) is 18.1 Å². The lowest BCUT2D eigenvalue weighted by Crippen LogP contribution is -2.36. The van der Waals surface area contributed by atoms with Crippen LogP contribution in [-0.4, -0.2) is 46.8 Å². The van der Waals surface area contributed by atoms with Crippen molar-refractivity contribution in [1.82, 2.24) is 15.1 Å². The summed E-state index contributed by atoms with van der Waals surface area (Å²) in [7, 11) is 1.77. The number of H-pyrrole nitrogens is 1. The maximum absolute atomic E-state index is 12.1. The van der Waals surface area contributed by atoms with Gasteiger partial charge >= 0.3 is 0 Å². The van der Waals surface area contributed by atoms with Crippen LogP contribution in [-0.2, 0) is 16.1 Å². The Balaban J connectivity index is 0.00000162. The zero-order valence-electron chi connectivity index (χ0n) is 10.7. The van der Waals surface area contributed by atoms with Crippen molar-refractivity contribution in [3.8, 4) is 0 Å². The normalized spacial score (nSPS) is 21.4. The van der Waals surface area contributed by atoms with Crippen LogP contribution in [0.2, 0.25) is 0 Å². The van der Waals surface area contributed by atoms with Crippen LogP contribution in [0.1, 0.15) is 18.5 Å². The first-order valence-electron chi connectivity index (χ1n) is 5.79. The largest absolute Gasteiger partial charge is 0.364 e. The minimum absolute atomic E-state index is 0. The number of rotatable bonds is 4. The molecule has 2 heterocycles. The summed E-state index contributed by atoms with van der Waals surface area (Å²) in [6.07, 6.45) is 2.99. The Hall–Kier alpha value is -0.820. The second-order valence-electron chi connectivity index (χ2n) is 4.34. The van der Waals surface area contributed by atoms with Gasteiger partial charge < -0.3 is 15.4 Å². The number of carbonyl (C=O) groups is 1. The van der Waals surface area contributed by atoms with E-state index in [2.05, 4.69) is 10.2 Å². The van der Waals surface area contributed by atoms with E-state index >= 15 is 0 Å². The average molecular weight is 311 g/mol. The maximum atomic E-state index is 12.1. The fourth-order valence-corrected chi connectivity index (χ4v) is 2.01. The Morgan fingerprint density at radius 2 is 2.32 bits per heavy atom. The lowest BCUT2D eigenvalue weighted by atomic mass is 10.2. The quantitative estimate of drug-likeness (QED) is 0.858. The second-order valence-corrected chi connectivity index (χ2v) is 4.34. The van der Waals surface area contributed by atoms with E-state index in [0.717, 1.165) is 18.5 Å². The van der Waals surface area contributed by atoms with Crippen molar-refractivity contribution in [2.75, 3.05) is 13.6 Å². The highest BCUT2D eigenvalue weighted by Gasteiger charge is 2.31. The highest BCUT2D eigenvalue weighted by Crippen LogP contribution is 2.20. The number of halogens is 2. The molecule has 0 aromatic carbocycles. The average Bonchev–Trinajstić information content (AvgIpc) is 2.98. The van der Waals surface area contributed by atoms with E-state index in [9.17, 15) is 4.79 Å². The molecule has 0 spiro atoms. The van der Waals surface area contributed by atoms with E-state index in [1.807, 2.05) is 6.07 Å². The minimum atomic E-state index is -0.337. The van der Waals surface area contributed by atoms with Gasteiger partial charge in [0.25, 0.3) is 5.91 Å². The van der Waals surface area contributed by atoms with Gasteiger partial charge in [0.15, 0.2) is 0 Å². The molecule has 1 aromatic rings. The molecule has 0 unspecified atom stereocenters. The van der Waals surface area contributed by atoms with Crippen LogP contribution in [0.4, 0.5) is 0 Å². The third-order valence-corrected chi connectivity index (χ3v) is 2.99. The lowest BCUT2D eigenvalue weighted by molar-refractivity contribution is -0.141. The number of amides is 1. The highest BCUT2D eigenvalue weighted by molar-refractivity contribution is 5.85. The van der Waals surface area contributed by atoms with Crippen molar-refractivity contribution < 1.29 is 9.53 Å². The molecule has 8 heteroatoms. The molecule has 0 saturated carbocycles. The topological polar surface area (TPSA) is 84.2 Å². The number of hydrogen-bond acceptors (Lipinski definition) is 4. The first kappa shape index (κ1) is 18.2. The summed E-state index contributed by atoms with van der Waals surface area (Å²) in [5.74, 6) is 0.00977. The molecule has 1 amide bonds. The summed E-state index contributed by atoms with van der Waals surface area (Å²) in [6, 6.07) is 1.85. The van der Waals surface area contributed by atoms with Crippen molar-refractivity contribution in [2.45, 2.75) is 31.6 Å². The minimum Gasteiger partial charge on any atom is -0.364 e. The van der Waals surface area contributed by atoms with E-state index in [-0.39, 0.29) is 42.9 Å². The Kier molecular flexibility index (Phi) is 8.01. The van der Waals surface area contributed by atoms with Crippen LogP contribution in [0.5, 0.6) is 0 Å². The molecule has 6 nitrogen and oxygen atoms in total. The number of hydrogen-bond donors (Lipinski definition) is 2. The summed E-state index contributed by atoms with van der Waals surface area (Å²) in [6.45, 7) is 1.00. The van der Waals surface area contributed by atoms with Crippen molar-refractivity contribution in [1.29, 1.82) is 0 Å². The van der Waals surface area contributed by atoms with E-state index in [0.29, 0.717) is 13.1 Å². The van der Waals surface area contributed by atoms with E-state index in [4.69, 9.17) is 10.5 Å². The Morgan fingerprint density at radius 3 is 2.84 bits per heavy atom. The first-order chi connectivity index (χ1) is 8.20. The second kappa shape index (κ2) is 8.37. The molecule has 110 valence electrons. The van der Waals surface area contributed by atoms with Crippen LogP contribution in [0.3, 0.4) is 0 Å². The van der Waals surface area contributed by atoms with Gasteiger partial charge in [0, 0.05) is 19.8 Å². The molecule has 1 fully saturated rings. The van der Waals surface area contributed by atoms with Crippen molar-refractivity contribution in [3.05, 3.63) is 18.0 Å². The predicted octanol–water partition coefficient (Wildman–Crippen LogP) is 0.718. The van der Waals surface area contributed by atoms with Gasteiger partial charge in [-0.1, -0.05) is 0 Å². The van der Waals surface area contributed by atoms with Crippen molar-refractivity contribution in [3.63, 3.8) is 0 Å². The third kappa shape index (κ3) is 4.65. The van der Waals surface area contributed by atoms with Crippen LogP contribution < -0.4 is 5.73 Å². The smallest absolute Gasteiger partial charge is 0.251 e. The number of nitrogens with zero attached hydrogens (tertiary/aromatic N) is 2. The molecule has 1 aromatic heterocycles. The number of aromatic nitrogens is 2. The standard InChI is InChI=1S/C11H18N4O2.2ClH/c1-15(7-8-4-5-13-14-8)11(16)10-3-2-9(6-12)17-10;;/h4-5,9-10H,2-3,6-7,12H2,1H3,(H,13,14);2*1H/t9-,10+;;/m1../s1. The monoisotopic (exact) mass is 310 g/mol. The highest BCUT2D eigenvalue weighted by atomic mass is 35.5. The SMILES string of the molecule is CN(Cc1ccn[nH]1)C(=O)[C@@H]1CC[C@H](CN)O1.Cl.Cl. The molecular formula is C11H20Cl2N4O2. The number of nitrogens with one attached hydrogen (secondary N) is 1. The van der Waals surface area contributed by atoms with Crippen LogP contribution in [0.25, 0.3) is 0 Å². The molecule has 2 rings (SSSR count). The number of nitrogens with two attached hydrogens (primary N) is 1. The fraction of sp³-hybridized carbons (Fsp3) is 0.636. The molecule has 1 saturated heterocycles. The van der Waals surface area contributed by atoms with Crippen molar-refractivity contribution >= 4 is 30.7 Å². The fourth-order valence-electron chi connectivity index (χ4n) is 2.01. The Labute approximate surface area is 124 Å². The lowest BCUT2D eigenvalue weighted by Gasteiger charge is -2.20. The molecule has 2 atom stereocenters. The zero-order chi connectivity index (χ0) is 12.3. The molecular weight excluding hydrogens is 291 g/mol. The maximum Gasteiger partial charge on any atom is 0.251 e. The molecule has 0 bridgehead atoms. The summed E-state index contributed by atoms with van der Waals surface area (Å²) in [5, 5.41) is 6.68. The third-order valence-electron chi connectivity index (χ3n) is 2.99. The van der Waals surface area contributed by atoms with Gasteiger partial charge in [0.2, 0.25) is 0 Å². The number of carbonyl (C=O) groups excluding carboxylic acids is 1. The molecule has 1 aliphatic heterocycles. The molecule has 3 N–H and O–H groups in total. The van der Waals surface area contributed by atoms with Crippen molar-refractivity contribution in [2.24, 2.45) is 5.73 Å². The van der Waals surface area contributed by atoms with Gasteiger partial charge in [-0.15, -0.1) is 24.8 Å². The van der Waals surface area contributed by atoms with Crippen LogP contribution >= 0.6 is 24.8 Å². The van der Waals surface area contributed by atoms with Gasteiger partial charge in [-0.3, -0.25) is 9.89 Å². The van der Waals surface area contributed by atoms with Gasteiger partial charge in [-0.2, -0.15) is 5.10 Å². The number of likely N-dealkylation sites (N-methyl/N-ethyl adjacent to an activating group) is 1. The number of aromatic amines is 1. The predicted molar refractivity (Wildman–Crippen MR) is 76.5 cm³/mol. The van der Waals surface area contributed by atoms with Gasteiger partial charge in [0.1, 0.15) is 6.10 Å². The summed E-state index contributed by atoms with van der Waals surface area (Å²) >= 11 is 0. The molecule has 19 heavy (non-hydrogen) atoms. The Morgan fingerprint density at radius 1 is 1.58 bits per heavy atom. The van der Waals surface area contributed by atoms with E-state index in [1.165, 1.54) is 0 Å². The van der Waals surface area contributed by atoms with E-state index < -0.39 is 0 Å². The number of ether oxygens (including phenoxy) is 1. The Bertz CT molecular complexity index is 375. The zero-order valence-corrected chi connectivity index (χ0v) is 12.4. The van der Waals surface area contributed by atoms with Crippen LogP contribution in [0.15, 0.2) is 12.3 Å². The van der Waals surface area contributed by atoms with Crippen LogP contribution in [0, 0.1) is 0 Å². The summed E-state index contributed by atoms with van der Waals surface area (Å²) < 4.78 is 5.57. The molecule has 0 aliphatic carbocycles. The first-order valence-corrected chi connectivity index (χ1v) is 5.79. The summed E-state index contributed by atoms with van der Waals surface area (Å²) in [5.41, 5.74) is 6.43. The summed E-state index contributed by atoms with van der Waals surface area (Å²) in [4.78, 5) is 13.7.